The Bertz CT molecular complexity index is 588. The smallest absolute Gasteiger partial charge is 0.348 e. The zero-order valence-corrected chi connectivity index (χ0v) is 13.1. The second-order valence-corrected chi connectivity index (χ2v) is 4.98. The molecular weight excluding hydrogens is 294 g/mol. The number of anilines is 1. The minimum absolute atomic E-state index is 0.181. The first-order valence-corrected chi connectivity index (χ1v) is 7.10. The molecule has 1 N–H and O–H groups in total. The molecule has 114 valence electrons. The third-order valence-corrected chi connectivity index (χ3v) is 3.74. The van der Waals surface area contributed by atoms with Gasteiger partial charge in [-0.15, -0.1) is 11.3 Å². The quantitative estimate of drug-likeness (QED) is 0.667. The number of ether oxygens (including phenoxy) is 2. The molecule has 0 spiro atoms. The zero-order chi connectivity index (χ0) is 16.0. The first-order valence-electron chi connectivity index (χ1n) is 6.28. The van der Waals surface area contributed by atoms with Gasteiger partial charge in [-0.2, -0.15) is 0 Å². The summed E-state index contributed by atoms with van der Waals surface area (Å²) in [6.45, 7) is 5.19. The van der Waals surface area contributed by atoms with Crippen LogP contribution in [0.2, 0.25) is 0 Å². The summed E-state index contributed by atoms with van der Waals surface area (Å²) in [7, 11) is 1.25. The molecule has 6 nitrogen and oxygen atoms in total. The number of hydrogen-bond acceptors (Lipinski definition) is 6. The Morgan fingerprint density at radius 3 is 2.48 bits per heavy atom. The summed E-state index contributed by atoms with van der Waals surface area (Å²) >= 11 is 0.986. The molecular formula is C14H17NO5S. The van der Waals surface area contributed by atoms with Crippen LogP contribution in [0.25, 0.3) is 0 Å². The normalized spacial score (nSPS) is 10.5. The van der Waals surface area contributed by atoms with Gasteiger partial charge in [0.15, 0.2) is 0 Å². The summed E-state index contributed by atoms with van der Waals surface area (Å²) in [5.41, 5.74) is 0.612. The van der Waals surface area contributed by atoms with Crippen molar-refractivity contribution >= 4 is 34.2 Å². The molecule has 0 unspecified atom stereocenters. The van der Waals surface area contributed by atoms with E-state index in [4.69, 9.17) is 4.74 Å². The van der Waals surface area contributed by atoms with Gasteiger partial charge < -0.3 is 14.8 Å². The minimum atomic E-state index is -0.586. The fraction of sp³-hybridized carbons (Fsp3) is 0.357. The second kappa shape index (κ2) is 7.58. The van der Waals surface area contributed by atoms with Gasteiger partial charge in [0, 0.05) is 0 Å². The Labute approximate surface area is 126 Å². The van der Waals surface area contributed by atoms with Gasteiger partial charge in [0.2, 0.25) is 5.91 Å². The highest BCUT2D eigenvalue weighted by Crippen LogP contribution is 2.34. The summed E-state index contributed by atoms with van der Waals surface area (Å²) in [5.74, 6) is -1.53. The first kappa shape index (κ1) is 16.9. The molecule has 0 aliphatic carbocycles. The van der Waals surface area contributed by atoms with Crippen molar-refractivity contribution in [2.75, 3.05) is 19.0 Å². The standard InChI is InChI=1S/C14H17NO5S/c1-5-7-9(16)15-12-10(13(17)20-6-2)8(3)11(21-12)14(18)19-4/h5,7H,6H2,1-4H3,(H,15,16)/b7-5+. The van der Waals surface area contributed by atoms with Crippen LogP contribution in [-0.2, 0) is 14.3 Å². The second-order valence-electron chi connectivity index (χ2n) is 3.96. The average molecular weight is 311 g/mol. The van der Waals surface area contributed by atoms with Crippen LogP contribution in [0.1, 0.15) is 39.4 Å². The van der Waals surface area contributed by atoms with Gasteiger partial charge in [-0.1, -0.05) is 6.08 Å². The van der Waals surface area contributed by atoms with E-state index in [1.54, 1.807) is 26.8 Å². The molecule has 0 atom stereocenters. The number of allylic oxidation sites excluding steroid dienone is 1. The van der Waals surface area contributed by atoms with E-state index in [0.29, 0.717) is 5.56 Å². The van der Waals surface area contributed by atoms with E-state index in [9.17, 15) is 14.4 Å². The molecule has 0 aliphatic rings. The van der Waals surface area contributed by atoms with Crippen molar-refractivity contribution in [2.45, 2.75) is 20.8 Å². The van der Waals surface area contributed by atoms with Crippen molar-refractivity contribution in [3.05, 3.63) is 28.2 Å². The van der Waals surface area contributed by atoms with Gasteiger partial charge in [0.05, 0.1) is 19.3 Å². The topological polar surface area (TPSA) is 81.7 Å². The van der Waals surface area contributed by atoms with Crippen molar-refractivity contribution in [3.8, 4) is 0 Å². The predicted octanol–water partition coefficient (Wildman–Crippen LogP) is 2.53. The molecule has 1 aromatic heterocycles. The Morgan fingerprint density at radius 1 is 1.29 bits per heavy atom. The summed E-state index contributed by atoms with van der Waals surface area (Å²) in [6, 6.07) is 0. The van der Waals surface area contributed by atoms with Crippen LogP contribution in [0, 0.1) is 6.92 Å². The average Bonchev–Trinajstić information content (AvgIpc) is 2.75. The van der Waals surface area contributed by atoms with Crippen LogP contribution < -0.4 is 5.32 Å². The predicted molar refractivity (Wildman–Crippen MR) is 79.8 cm³/mol. The summed E-state index contributed by atoms with van der Waals surface area (Å²) < 4.78 is 9.63. The van der Waals surface area contributed by atoms with Crippen molar-refractivity contribution in [2.24, 2.45) is 0 Å². The number of esters is 2. The first-order chi connectivity index (χ1) is 9.96. The van der Waals surface area contributed by atoms with E-state index in [-0.39, 0.29) is 28.0 Å². The molecule has 1 aromatic rings. The number of rotatable bonds is 5. The van der Waals surface area contributed by atoms with Crippen LogP contribution in [-0.4, -0.2) is 31.6 Å². The van der Waals surface area contributed by atoms with Crippen LogP contribution in [0.5, 0.6) is 0 Å². The molecule has 21 heavy (non-hydrogen) atoms. The van der Waals surface area contributed by atoms with Crippen LogP contribution >= 0.6 is 11.3 Å². The van der Waals surface area contributed by atoms with E-state index in [1.807, 2.05) is 0 Å². The van der Waals surface area contributed by atoms with Gasteiger partial charge in [-0.3, -0.25) is 4.79 Å². The maximum absolute atomic E-state index is 12.0. The van der Waals surface area contributed by atoms with Gasteiger partial charge in [0.25, 0.3) is 0 Å². The molecule has 1 heterocycles. The Kier molecular flexibility index (Phi) is 6.10. The number of amides is 1. The maximum Gasteiger partial charge on any atom is 0.348 e. The number of nitrogens with one attached hydrogen (secondary N) is 1. The number of methoxy groups -OCH3 is 1. The zero-order valence-electron chi connectivity index (χ0n) is 12.3. The summed E-state index contributed by atoms with van der Waals surface area (Å²) in [5, 5.41) is 2.85. The highest BCUT2D eigenvalue weighted by Gasteiger charge is 2.26. The molecule has 0 radical (unpaired) electrons. The molecule has 0 saturated heterocycles. The lowest BCUT2D eigenvalue weighted by Crippen LogP contribution is -2.12. The number of thiophene rings is 1. The van der Waals surface area contributed by atoms with E-state index < -0.39 is 11.9 Å². The highest BCUT2D eigenvalue weighted by atomic mass is 32.1. The summed E-state index contributed by atoms with van der Waals surface area (Å²) in [6.07, 6.45) is 2.89. The third kappa shape index (κ3) is 3.91. The van der Waals surface area contributed by atoms with Crippen LogP contribution in [0.4, 0.5) is 5.00 Å². The SMILES string of the molecule is C/C=C/C(=O)Nc1sc(C(=O)OC)c(C)c1C(=O)OCC. The maximum atomic E-state index is 12.0. The molecule has 1 rings (SSSR count). The Hall–Kier alpha value is -2.15. The third-order valence-electron chi connectivity index (χ3n) is 2.55. The van der Waals surface area contributed by atoms with Gasteiger partial charge >= 0.3 is 11.9 Å². The minimum Gasteiger partial charge on any atom is -0.465 e. The lowest BCUT2D eigenvalue weighted by atomic mass is 10.1. The number of carbonyl (C=O) groups excluding carboxylic acids is 3. The molecule has 7 heteroatoms. The molecule has 0 aromatic carbocycles. The Balaban J connectivity index is 3.29. The van der Waals surface area contributed by atoms with E-state index in [0.717, 1.165) is 11.3 Å². The number of hydrogen-bond donors (Lipinski definition) is 1. The van der Waals surface area contributed by atoms with E-state index in [1.165, 1.54) is 13.2 Å². The van der Waals surface area contributed by atoms with Crippen molar-refractivity contribution in [1.29, 1.82) is 0 Å². The fourth-order valence-corrected chi connectivity index (χ4v) is 2.76. The van der Waals surface area contributed by atoms with Crippen LogP contribution in [0.15, 0.2) is 12.2 Å². The molecule has 0 saturated carbocycles. The van der Waals surface area contributed by atoms with Gasteiger partial charge in [-0.05, 0) is 32.4 Å². The van der Waals surface area contributed by atoms with Crippen molar-refractivity contribution in [1.82, 2.24) is 0 Å². The van der Waals surface area contributed by atoms with Crippen LogP contribution in [0.3, 0.4) is 0 Å². The largest absolute Gasteiger partial charge is 0.465 e. The Morgan fingerprint density at radius 2 is 1.95 bits per heavy atom. The summed E-state index contributed by atoms with van der Waals surface area (Å²) in [4.78, 5) is 35.6. The lowest BCUT2D eigenvalue weighted by Gasteiger charge is -2.05. The van der Waals surface area contributed by atoms with E-state index >= 15 is 0 Å². The van der Waals surface area contributed by atoms with Crippen molar-refractivity contribution < 1.29 is 23.9 Å². The highest BCUT2D eigenvalue weighted by molar-refractivity contribution is 7.18. The molecule has 1 amide bonds. The fourth-order valence-electron chi connectivity index (χ4n) is 1.64. The molecule has 0 bridgehead atoms. The number of carbonyl (C=O) groups is 3. The molecule has 0 aliphatic heterocycles. The van der Waals surface area contributed by atoms with Gasteiger partial charge in [-0.25, -0.2) is 9.59 Å². The van der Waals surface area contributed by atoms with E-state index in [2.05, 4.69) is 10.1 Å². The van der Waals surface area contributed by atoms with Crippen molar-refractivity contribution in [3.63, 3.8) is 0 Å². The molecule has 0 fully saturated rings. The lowest BCUT2D eigenvalue weighted by molar-refractivity contribution is -0.111. The monoisotopic (exact) mass is 311 g/mol. The van der Waals surface area contributed by atoms with Gasteiger partial charge in [0.1, 0.15) is 9.88 Å².